The minimum atomic E-state index is -4.07. The van der Waals surface area contributed by atoms with E-state index in [0.29, 0.717) is 14.5 Å². The number of hydrogen-bond donors (Lipinski definition) is 0. The maximum atomic E-state index is 14.2. The molecule has 0 bridgehead atoms. The van der Waals surface area contributed by atoms with E-state index < -0.39 is 32.3 Å². The fourth-order valence-corrected chi connectivity index (χ4v) is 4.83. The summed E-state index contributed by atoms with van der Waals surface area (Å²) < 4.78 is 58.0. The molecule has 0 saturated heterocycles. The van der Waals surface area contributed by atoms with Crippen molar-refractivity contribution in [3.05, 3.63) is 62.0 Å². The fourth-order valence-electron chi connectivity index (χ4n) is 2.71. The number of halogens is 4. The lowest BCUT2D eigenvalue weighted by Gasteiger charge is -2.09. The van der Waals surface area contributed by atoms with Crippen LogP contribution in [0.5, 0.6) is 0 Å². The van der Waals surface area contributed by atoms with E-state index in [0.717, 1.165) is 18.4 Å². The van der Waals surface area contributed by atoms with Gasteiger partial charge in [-0.25, -0.2) is 22.0 Å². The molecule has 1 aliphatic rings. The first-order chi connectivity index (χ1) is 12.1. The number of rotatable bonds is 3. The molecule has 26 heavy (non-hydrogen) atoms. The summed E-state index contributed by atoms with van der Waals surface area (Å²) in [4.78, 5) is 11.2. The largest absolute Gasteiger partial charge is 0.457 e. The van der Waals surface area contributed by atoms with E-state index in [1.54, 1.807) is 18.2 Å². The van der Waals surface area contributed by atoms with Crippen molar-refractivity contribution in [3.63, 3.8) is 0 Å². The van der Waals surface area contributed by atoms with E-state index in [2.05, 4.69) is 31.9 Å². The molecule has 1 heterocycles. The lowest BCUT2D eigenvalue weighted by molar-refractivity contribution is -0.133. The summed E-state index contributed by atoms with van der Waals surface area (Å²) in [6.07, 6.45) is 0.722. The summed E-state index contributed by atoms with van der Waals surface area (Å²) in [6.45, 7) is -0.171. The van der Waals surface area contributed by atoms with E-state index in [1.807, 2.05) is 0 Å². The summed E-state index contributed by atoms with van der Waals surface area (Å²) in [6, 6.07) is 6.90. The SMILES string of the molecule is CS(=O)(=O)c1c(F)cc(C2=C(c3cc(Br)cc(Br)c3)C(=O)OC2)cc1F. The van der Waals surface area contributed by atoms with Crippen LogP contribution in [0.1, 0.15) is 11.1 Å². The van der Waals surface area contributed by atoms with Gasteiger partial charge in [0.05, 0.1) is 5.57 Å². The third-order valence-corrected chi connectivity index (χ3v) is 5.77. The summed E-state index contributed by atoms with van der Waals surface area (Å²) >= 11 is 6.64. The smallest absolute Gasteiger partial charge is 0.339 e. The molecule has 0 radical (unpaired) electrons. The lowest BCUT2D eigenvalue weighted by Crippen LogP contribution is -2.06. The molecular formula is C17H10Br2F2O4S. The van der Waals surface area contributed by atoms with Crippen molar-refractivity contribution in [2.75, 3.05) is 12.9 Å². The Morgan fingerprint density at radius 2 is 1.50 bits per heavy atom. The molecule has 0 aromatic heterocycles. The zero-order valence-electron chi connectivity index (χ0n) is 13.1. The number of sulfone groups is 1. The molecule has 0 saturated carbocycles. The Kier molecular flexibility index (Phi) is 5.06. The van der Waals surface area contributed by atoms with Crippen LogP contribution in [0, 0.1) is 11.6 Å². The fraction of sp³-hybridized carbons (Fsp3) is 0.118. The average Bonchev–Trinajstić information content (AvgIpc) is 2.85. The van der Waals surface area contributed by atoms with Crippen molar-refractivity contribution in [2.24, 2.45) is 0 Å². The summed E-state index contributed by atoms with van der Waals surface area (Å²) in [5.74, 6) is -3.06. The second kappa shape index (κ2) is 6.86. The van der Waals surface area contributed by atoms with Gasteiger partial charge >= 0.3 is 5.97 Å². The van der Waals surface area contributed by atoms with Crippen molar-refractivity contribution >= 4 is 58.8 Å². The van der Waals surface area contributed by atoms with Gasteiger partial charge in [-0.05, 0) is 41.5 Å². The van der Waals surface area contributed by atoms with E-state index in [9.17, 15) is 22.0 Å². The molecule has 9 heteroatoms. The molecule has 2 aromatic carbocycles. The number of carbonyl (C=O) groups excluding carboxylic acids is 1. The highest BCUT2D eigenvalue weighted by Crippen LogP contribution is 2.36. The van der Waals surface area contributed by atoms with Crippen molar-refractivity contribution in [1.29, 1.82) is 0 Å². The van der Waals surface area contributed by atoms with Crippen LogP contribution in [0.15, 0.2) is 44.2 Å². The van der Waals surface area contributed by atoms with E-state index >= 15 is 0 Å². The molecule has 0 unspecified atom stereocenters. The number of hydrogen-bond acceptors (Lipinski definition) is 4. The summed E-state index contributed by atoms with van der Waals surface area (Å²) in [5, 5.41) is 0. The first kappa shape index (κ1) is 19.2. The Balaban J connectivity index is 2.24. The van der Waals surface area contributed by atoms with Gasteiger partial charge in [-0.1, -0.05) is 31.9 Å². The molecule has 0 fully saturated rings. The second-order valence-corrected chi connectivity index (χ2v) is 9.41. The van der Waals surface area contributed by atoms with Crippen LogP contribution in [0.3, 0.4) is 0 Å². The minimum Gasteiger partial charge on any atom is -0.457 e. The predicted octanol–water partition coefficient (Wildman–Crippen LogP) is 4.36. The summed E-state index contributed by atoms with van der Waals surface area (Å²) in [5.41, 5.74) is 0.983. The van der Waals surface area contributed by atoms with E-state index in [-0.39, 0.29) is 23.3 Å². The quantitative estimate of drug-likeness (QED) is 0.579. The molecule has 1 aliphatic heterocycles. The van der Waals surface area contributed by atoms with E-state index in [1.165, 1.54) is 0 Å². The highest BCUT2D eigenvalue weighted by molar-refractivity contribution is 9.11. The van der Waals surface area contributed by atoms with Gasteiger partial charge in [-0.2, -0.15) is 0 Å². The van der Waals surface area contributed by atoms with Crippen LogP contribution in [0.25, 0.3) is 11.1 Å². The number of cyclic esters (lactones) is 1. The van der Waals surface area contributed by atoms with Gasteiger partial charge in [-0.15, -0.1) is 0 Å². The Bertz CT molecular complexity index is 1030. The maximum Gasteiger partial charge on any atom is 0.339 e. The predicted molar refractivity (Wildman–Crippen MR) is 99.1 cm³/mol. The number of ether oxygens (including phenoxy) is 1. The molecule has 0 aliphatic carbocycles. The van der Waals surface area contributed by atoms with Crippen molar-refractivity contribution < 1.29 is 26.7 Å². The van der Waals surface area contributed by atoms with Crippen LogP contribution in [0.2, 0.25) is 0 Å². The van der Waals surface area contributed by atoms with Crippen molar-refractivity contribution in [3.8, 4) is 0 Å². The van der Waals surface area contributed by atoms with Gasteiger partial charge < -0.3 is 4.74 Å². The Labute approximate surface area is 165 Å². The lowest BCUT2D eigenvalue weighted by atomic mass is 9.96. The third kappa shape index (κ3) is 3.60. The molecule has 0 atom stereocenters. The zero-order chi connectivity index (χ0) is 19.2. The van der Waals surface area contributed by atoms with Crippen LogP contribution < -0.4 is 0 Å². The van der Waals surface area contributed by atoms with Gasteiger partial charge in [0.15, 0.2) is 9.84 Å². The normalized spacial score (nSPS) is 14.7. The molecule has 136 valence electrons. The molecule has 0 spiro atoms. The average molecular weight is 508 g/mol. The van der Waals surface area contributed by atoms with Gasteiger partial charge in [0, 0.05) is 20.8 Å². The molecule has 3 rings (SSSR count). The summed E-state index contributed by atoms with van der Waals surface area (Å²) in [7, 11) is -4.07. The number of benzene rings is 2. The third-order valence-electron chi connectivity index (χ3n) is 3.72. The molecular weight excluding hydrogens is 498 g/mol. The topological polar surface area (TPSA) is 60.4 Å². The first-order valence-electron chi connectivity index (χ1n) is 7.14. The molecule has 0 N–H and O–H groups in total. The van der Waals surface area contributed by atoms with E-state index in [4.69, 9.17) is 4.74 Å². The van der Waals surface area contributed by atoms with Crippen molar-refractivity contribution in [2.45, 2.75) is 4.90 Å². The van der Waals surface area contributed by atoms with Crippen LogP contribution in [-0.4, -0.2) is 27.2 Å². The van der Waals surface area contributed by atoms with Crippen molar-refractivity contribution in [1.82, 2.24) is 0 Å². The van der Waals surface area contributed by atoms with Gasteiger partial charge in [0.2, 0.25) is 0 Å². The monoisotopic (exact) mass is 506 g/mol. The maximum absolute atomic E-state index is 14.2. The zero-order valence-corrected chi connectivity index (χ0v) is 17.1. The van der Waals surface area contributed by atoms with Crippen LogP contribution in [-0.2, 0) is 19.4 Å². The number of esters is 1. The van der Waals surface area contributed by atoms with Crippen LogP contribution >= 0.6 is 31.9 Å². The standard InChI is InChI=1S/C17H10Br2F2O4S/c1-26(23,24)16-13(20)4-8(5-14(16)21)12-7-25-17(22)15(12)9-2-10(18)6-11(19)3-9/h2-6H,7H2,1H3. The van der Waals surface area contributed by atoms with Gasteiger partial charge in [-0.3, -0.25) is 0 Å². The van der Waals surface area contributed by atoms with Crippen LogP contribution in [0.4, 0.5) is 8.78 Å². The van der Waals surface area contributed by atoms with Gasteiger partial charge in [0.25, 0.3) is 0 Å². The number of carbonyl (C=O) groups is 1. The van der Waals surface area contributed by atoms with Gasteiger partial charge in [0.1, 0.15) is 23.1 Å². The highest BCUT2D eigenvalue weighted by Gasteiger charge is 2.30. The molecule has 4 nitrogen and oxygen atoms in total. The molecule has 2 aromatic rings. The second-order valence-electron chi connectivity index (χ2n) is 5.63. The Morgan fingerprint density at radius 1 is 0.962 bits per heavy atom. The Hall–Kier alpha value is -1.58. The highest BCUT2D eigenvalue weighted by atomic mass is 79.9. The minimum absolute atomic E-state index is 0.0457. The Morgan fingerprint density at radius 3 is 2.00 bits per heavy atom. The first-order valence-corrected chi connectivity index (χ1v) is 10.6. The molecule has 0 amide bonds.